The minimum Gasteiger partial charge on any atom is -0.477 e. The van der Waals surface area contributed by atoms with Gasteiger partial charge in [-0.05, 0) is 24.1 Å². The summed E-state index contributed by atoms with van der Waals surface area (Å²) in [7, 11) is 1.47. The molecule has 1 aromatic carbocycles. The molecular weight excluding hydrogens is 380 g/mol. The Morgan fingerprint density at radius 2 is 2.08 bits per heavy atom. The lowest BCUT2D eigenvalue weighted by Crippen LogP contribution is -2.71. The first-order valence-electron chi connectivity index (χ1n) is 7.83. The van der Waals surface area contributed by atoms with Crippen LogP contribution in [-0.4, -0.2) is 51.8 Å². The topological polar surface area (TPSA) is 95.9 Å². The van der Waals surface area contributed by atoms with Gasteiger partial charge in [0.2, 0.25) is 5.91 Å². The summed E-state index contributed by atoms with van der Waals surface area (Å²) in [6.07, 6.45) is 0.0369. The van der Waals surface area contributed by atoms with Crippen LogP contribution in [0, 0.1) is 0 Å². The van der Waals surface area contributed by atoms with Gasteiger partial charge >= 0.3 is 5.97 Å². The van der Waals surface area contributed by atoms with Gasteiger partial charge in [-0.15, -0.1) is 0 Å². The molecule has 0 bridgehead atoms. The first-order valence-corrected chi connectivity index (χ1v) is 9.15. The maximum Gasteiger partial charge on any atom is 0.352 e. The molecule has 1 fully saturated rings. The van der Waals surface area contributed by atoms with E-state index in [0.29, 0.717) is 16.2 Å². The van der Waals surface area contributed by atoms with Crippen molar-refractivity contribution in [2.24, 2.45) is 0 Å². The van der Waals surface area contributed by atoms with E-state index in [-0.39, 0.29) is 18.0 Å². The van der Waals surface area contributed by atoms with Gasteiger partial charge in [0.25, 0.3) is 5.91 Å². The van der Waals surface area contributed by atoms with Crippen LogP contribution in [-0.2, 0) is 25.5 Å². The Balaban J connectivity index is 1.74. The minimum atomic E-state index is -1.19. The van der Waals surface area contributed by atoms with E-state index < -0.39 is 28.7 Å². The molecule has 9 heteroatoms. The molecule has 1 saturated heterocycles. The lowest BCUT2D eigenvalue weighted by Gasteiger charge is -2.50. The van der Waals surface area contributed by atoms with E-state index >= 15 is 0 Å². The fraction of sp³-hybridized carbons (Fsp3) is 0.353. The molecule has 2 N–H and O–H groups in total. The van der Waals surface area contributed by atoms with Crippen molar-refractivity contribution < 1.29 is 24.2 Å². The van der Waals surface area contributed by atoms with Crippen molar-refractivity contribution in [3.8, 4) is 0 Å². The van der Waals surface area contributed by atoms with E-state index in [2.05, 4.69) is 5.32 Å². The Kier molecular flexibility index (Phi) is 5.27. The van der Waals surface area contributed by atoms with Gasteiger partial charge in [-0.2, -0.15) is 0 Å². The van der Waals surface area contributed by atoms with E-state index in [1.54, 1.807) is 31.2 Å². The number of carboxylic acids is 1. The van der Waals surface area contributed by atoms with Crippen LogP contribution < -0.4 is 5.32 Å². The van der Waals surface area contributed by atoms with Crippen molar-refractivity contribution in [3.05, 3.63) is 46.1 Å². The summed E-state index contributed by atoms with van der Waals surface area (Å²) < 4.78 is 5.31. The summed E-state index contributed by atoms with van der Waals surface area (Å²) in [5.74, 6) is -1.99. The Morgan fingerprint density at radius 3 is 2.69 bits per heavy atom. The van der Waals surface area contributed by atoms with Crippen LogP contribution in [0.4, 0.5) is 0 Å². The number of carbonyl (C=O) groups is 3. The number of β-lactam (4-membered cyclic amide) rings is 1. The second kappa shape index (κ2) is 7.30. The SMILES string of the molecule is CO[C@H]1S[C@H]2[C@@H](NC(=O)Cc3ccccc3Cl)C(=O)N2C(C(=O)O)=C1C. The fourth-order valence-electron chi connectivity index (χ4n) is 3.05. The van der Waals surface area contributed by atoms with Crippen molar-refractivity contribution in [1.29, 1.82) is 0 Å². The molecule has 3 rings (SSSR count). The number of hydrogen-bond acceptors (Lipinski definition) is 5. The summed E-state index contributed by atoms with van der Waals surface area (Å²) in [5, 5.41) is 12.1. The molecule has 0 unspecified atom stereocenters. The predicted molar refractivity (Wildman–Crippen MR) is 96.4 cm³/mol. The third kappa shape index (κ3) is 3.20. The van der Waals surface area contributed by atoms with Crippen LogP contribution in [0.15, 0.2) is 35.5 Å². The van der Waals surface area contributed by atoms with Gasteiger partial charge in [0.05, 0.1) is 6.42 Å². The highest BCUT2D eigenvalue weighted by molar-refractivity contribution is 8.00. The summed E-state index contributed by atoms with van der Waals surface area (Å²) in [5.41, 5.74) is 0.555. The fourth-order valence-corrected chi connectivity index (χ4v) is 4.60. The van der Waals surface area contributed by atoms with Gasteiger partial charge < -0.3 is 15.2 Å². The molecule has 0 aromatic heterocycles. The summed E-state index contributed by atoms with van der Waals surface area (Å²) in [6, 6.07) is 6.17. The third-order valence-corrected chi connectivity index (χ3v) is 6.24. The second-order valence-corrected chi connectivity index (χ2v) is 7.54. The number of ether oxygens (including phenoxy) is 1. The molecule has 2 amide bonds. The molecule has 2 aliphatic rings. The quantitative estimate of drug-likeness (QED) is 0.734. The Morgan fingerprint density at radius 1 is 1.38 bits per heavy atom. The molecule has 2 heterocycles. The van der Waals surface area contributed by atoms with Crippen LogP contribution in [0.1, 0.15) is 12.5 Å². The van der Waals surface area contributed by atoms with E-state index in [1.807, 2.05) is 0 Å². The van der Waals surface area contributed by atoms with Gasteiger partial charge in [0.1, 0.15) is 22.5 Å². The first-order chi connectivity index (χ1) is 12.3. The number of carbonyl (C=O) groups excluding carboxylic acids is 2. The number of hydrogen-bond donors (Lipinski definition) is 2. The van der Waals surface area contributed by atoms with Crippen LogP contribution in [0.5, 0.6) is 0 Å². The molecule has 0 spiro atoms. The summed E-state index contributed by atoms with van der Waals surface area (Å²) in [4.78, 5) is 37.5. The van der Waals surface area contributed by atoms with Gasteiger partial charge in [-0.25, -0.2) is 4.79 Å². The molecule has 0 aliphatic carbocycles. The van der Waals surface area contributed by atoms with Crippen molar-refractivity contribution in [3.63, 3.8) is 0 Å². The number of fused-ring (bicyclic) bond motifs is 1. The van der Waals surface area contributed by atoms with Crippen LogP contribution >= 0.6 is 23.4 Å². The van der Waals surface area contributed by atoms with Crippen molar-refractivity contribution >= 4 is 41.1 Å². The summed E-state index contributed by atoms with van der Waals surface area (Å²) >= 11 is 7.35. The lowest BCUT2D eigenvalue weighted by molar-refractivity contribution is -0.151. The van der Waals surface area contributed by atoms with Crippen LogP contribution in [0.2, 0.25) is 5.02 Å². The molecule has 26 heavy (non-hydrogen) atoms. The van der Waals surface area contributed by atoms with E-state index in [1.165, 1.54) is 23.8 Å². The molecule has 0 saturated carbocycles. The largest absolute Gasteiger partial charge is 0.477 e. The number of nitrogens with zero attached hydrogens (tertiary/aromatic N) is 1. The summed E-state index contributed by atoms with van der Waals surface area (Å²) in [6.45, 7) is 1.62. The molecule has 0 radical (unpaired) electrons. The number of nitrogens with one attached hydrogen (secondary N) is 1. The number of aliphatic carboxylic acids is 1. The van der Waals surface area contributed by atoms with Gasteiger partial charge in [-0.1, -0.05) is 41.6 Å². The predicted octanol–water partition coefficient (Wildman–Crippen LogP) is 1.61. The average Bonchev–Trinajstić information content (AvgIpc) is 2.61. The molecule has 2 aliphatic heterocycles. The maximum absolute atomic E-state index is 12.4. The Hall–Kier alpha value is -2.03. The average molecular weight is 397 g/mol. The highest BCUT2D eigenvalue weighted by Gasteiger charge is 2.55. The number of carboxylic acid groups (broad SMARTS) is 1. The number of halogens is 1. The van der Waals surface area contributed by atoms with E-state index in [0.717, 1.165) is 0 Å². The number of benzene rings is 1. The normalized spacial score (nSPS) is 24.8. The van der Waals surface area contributed by atoms with E-state index in [4.69, 9.17) is 16.3 Å². The Bertz CT molecular complexity index is 812. The van der Waals surface area contributed by atoms with Gasteiger partial charge in [0.15, 0.2) is 0 Å². The van der Waals surface area contributed by atoms with Crippen molar-refractivity contribution in [2.45, 2.75) is 30.2 Å². The standard InChI is InChI=1S/C17H17ClN2O5S/c1-8-13(16(23)24)20-14(22)12(15(20)26-17(8)25-2)19-11(21)7-9-5-3-4-6-10(9)18/h3-6,12,15,17H,7H2,1-2H3,(H,19,21)(H,23,24)/t12-,15-,17-/m0/s1. The molecule has 1 aromatic rings. The third-order valence-electron chi connectivity index (χ3n) is 4.32. The molecule has 7 nitrogen and oxygen atoms in total. The van der Waals surface area contributed by atoms with Crippen molar-refractivity contribution in [1.82, 2.24) is 10.2 Å². The lowest BCUT2D eigenvalue weighted by atomic mass is 10.0. The zero-order chi connectivity index (χ0) is 19.0. The van der Waals surface area contributed by atoms with Crippen LogP contribution in [0.3, 0.4) is 0 Å². The van der Waals surface area contributed by atoms with E-state index in [9.17, 15) is 19.5 Å². The molecule has 3 atom stereocenters. The molecule has 138 valence electrons. The van der Waals surface area contributed by atoms with Gasteiger partial charge in [0, 0.05) is 12.1 Å². The van der Waals surface area contributed by atoms with Crippen LogP contribution in [0.25, 0.3) is 0 Å². The van der Waals surface area contributed by atoms with Crippen molar-refractivity contribution in [2.75, 3.05) is 7.11 Å². The number of thioether (sulfide) groups is 1. The highest BCUT2D eigenvalue weighted by atomic mass is 35.5. The zero-order valence-corrected chi connectivity index (χ0v) is 15.6. The monoisotopic (exact) mass is 396 g/mol. The smallest absolute Gasteiger partial charge is 0.352 e. The first kappa shape index (κ1) is 18.8. The number of methoxy groups -OCH3 is 1. The second-order valence-electron chi connectivity index (χ2n) is 5.95. The zero-order valence-electron chi connectivity index (χ0n) is 14.1. The highest BCUT2D eigenvalue weighted by Crippen LogP contribution is 2.44. The maximum atomic E-state index is 12.4. The Labute approximate surface area is 159 Å². The molecular formula is C17H17ClN2O5S. The number of amides is 2. The number of rotatable bonds is 5. The minimum absolute atomic E-state index is 0.0369. The van der Waals surface area contributed by atoms with Gasteiger partial charge in [-0.3, -0.25) is 14.5 Å².